The third-order valence-corrected chi connectivity index (χ3v) is 5.25. The van der Waals surface area contributed by atoms with Crippen LogP contribution < -0.4 is 5.32 Å². The number of aromatic nitrogens is 2. The quantitative estimate of drug-likeness (QED) is 0.744. The number of aliphatic hydroxyl groups is 1. The summed E-state index contributed by atoms with van der Waals surface area (Å²) in [6.07, 6.45) is 7.93. The Morgan fingerprint density at radius 2 is 2.00 bits per heavy atom. The Hall–Kier alpha value is -2.73. The molecule has 3 aromatic rings. The molecule has 140 valence electrons. The zero-order valence-corrected chi connectivity index (χ0v) is 14.9. The lowest BCUT2D eigenvalue weighted by Crippen LogP contribution is -2.45. The van der Waals surface area contributed by atoms with Gasteiger partial charge in [-0.25, -0.2) is 4.39 Å². The predicted molar refractivity (Wildman–Crippen MR) is 101 cm³/mol. The Kier molecular flexibility index (Phi) is 4.90. The largest absolute Gasteiger partial charge is 0.391 e. The molecule has 1 saturated carbocycles. The van der Waals surface area contributed by atoms with E-state index in [2.05, 4.69) is 10.3 Å². The van der Waals surface area contributed by atoms with Crippen LogP contribution in [0.3, 0.4) is 0 Å². The van der Waals surface area contributed by atoms with E-state index in [4.69, 9.17) is 0 Å². The summed E-state index contributed by atoms with van der Waals surface area (Å²) in [5.74, 6) is -0.764. The van der Waals surface area contributed by atoms with Gasteiger partial charge in [0.1, 0.15) is 5.82 Å². The van der Waals surface area contributed by atoms with Crippen LogP contribution in [0.4, 0.5) is 4.39 Å². The van der Waals surface area contributed by atoms with E-state index in [9.17, 15) is 14.3 Å². The number of nitrogens with zero attached hydrogens (tertiary/aromatic N) is 2. The summed E-state index contributed by atoms with van der Waals surface area (Å²) >= 11 is 0. The van der Waals surface area contributed by atoms with E-state index >= 15 is 0 Å². The standard InChI is InChI=1S/C21H22FN3O2/c22-16-4-3-6-18-20(16)15(13-25(18)12-14-8-10-23-11-9-14)21(27)24-17-5-1-2-7-19(17)26/h3-4,6,8-11,13,17,19,26H,1-2,5,7,12H2,(H,24,27)/t17-,19-/m0/s1. The predicted octanol–water partition coefficient (Wildman–Crippen LogP) is 3.26. The van der Waals surface area contributed by atoms with Crippen molar-refractivity contribution in [1.29, 1.82) is 0 Å². The van der Waals surface area contributed by atoms with Crippen LogP contribution >= 0.6 is 0 Å². The van der Waals surface area contributed by atoms with E-state index in [1.165, 1.54) is 6.07 Å². The lowest BCUT2D eigenvalue weighted by atomic mass is 9.92. The molecular formula is C21H22FN3O2. The highest BCUT2D eigenvalue weighted by Gasteiger charge is 2.26. The minimum Gasteiger partial charge on any atom is -0.391 e. The third kappa shape index (κ3) is 3.57. The molecule has 1 amide bonds. The Labute approximate surface area is 156 Å². The first-order valence-corrected chi connectivity index (χ1v) is 9.28. The molecule has 0 spiro atoms. The number of amides is 1. The van der Waals surface area contributed by atoms with Gasteiger partial charge in [-0.15, -0.1) is 0 Å². The molecule has 0 unspecified atom stereocenters. The summed E-state index contributed by atoms with van der Waals surface area (Å²) in [5.41, 5.74) is 1.98. The van der Waals surface area contributed by atoms with E-state index in [1.54, 1.807) is 24.7 Å². The van der Waals surface area contributed by atoms with Crippen LogP contribution in [0.25, 0.3) is 10.9 Å². The number of hydrogen-bond donors (Lipinski definition) is 2. The zero-order valence-electron chi connectivity index (χ0n) is 14.9. The number of halogens is 1. The third-order valence-electron chi connectivity index (χ3n) is 5.25. The van der Waals surface area contributed by atoms with Crippen molar-refractivity contribution in [3.8, 4) is 0 Å². The Morgan fingerprint density at radius 3 is 2.78 bits per heavy atom. The Bertz CT molecular complexity index is 955. The maximum absolute atomic E-state index is 14.6. The molecule has 27 heavy (non-hydrogen) atoms. The maximum atomic E-state index is 14.6. The van der Waals surface area contributed by atoms with Crippen LogP contribution in [-0.2, 0) is 6.54 Å². The normalized spacial score (nSPS) is 19.9. The van der Waals surface area contributed by atoms with Crippen molar-refractivity contribution < 1.29 is 14.3 Å². The van der Waals surface area contributed by atoms with Crippen LogP contribution in [0, 0.1) is 5.82 Å². The van der Waals surface area contributed by atoms with E-state index in [1.807, 2.05) is 22.8 Å². The van der Waals surface area contributed by atoms with Crippen molar-refractivity contribution in [1.82, 2.24) is 14.9 Å². The zero-order chi connectivity index (χ0) is 18.8. The van der Waals surface area contributed by atoms with E-state index in [-0.39, 0.29) is 11.9 Å². The fraction of sp³-hybridized carbons (Fsp3) is 0.333. The summed E-state index contributed by atoms with van der Waals surface area (Å²) < 4.78 is 16.4. The molecule has 2 N–H and O–H groups in total. The molecule has 2 atom stereocenters. The van der Waals surface area contributed by atoms with Gasteiger partial charge in [-0.3, -0.25) is 9.78 Å². The molecule has 1 aromatic carbocycles. The molecule has 5 nitrogen and oxygen atoms in total. The van der Waals surface area contributed by atoms with Crippen LogP contribution in [0.5, 0.6) is 0 Å². The molecular weight excluding hydrogens is 345 g/mol. The summed E-state index contributed by atoms with van der Waals surface area (Å²) in [4.78, 5) is 16.9. The van der Waals surface area contributed by atoms with Gasteiger partial charge >= 0.3 is 0 Å². The number of aliphatic hydroxyl groups excluding tert-OH is 1. The van der Waals surface area contributed by atoms with Gasteiger partial charge < -0.3 is 15.0 Å². The fourth-order valence-corrected chi connectivity index (χ4v) is 3.82. The summed E-state index contributed by atoms with van der Waals surface area (Å²) in [6.45, 7) is 0.516. The van der Waals surface area contributed by atoms with Crippen LogP contribution in [0.15, 0.2) is 48.9 Å². The highest BCUT2D eigenvalue weighted by atomic mass is 19.1. The number of hydrogen-bond acceptors (Lipinski definition) is 3. The number of pyridine rings is 1. The summed E-state index contributed by atoms with van der Waals surface area (Å²) in [5, 5.41) is 13.3. The number of rotatable bonds is 4. The molecule has 2 aromatic heterocycles. The highest BCUT2D eigenvalue weighted by molar-refractivity contribution is 6.07. The van der Waals surface area contributed by atoms with Crippen molar-refractivity contribution >= 4 is 16.8 Å². The second-order valence-electron chi connectivity index (χ2n) is 7.09. The van der Waals surface area contributed by atoms with Crippen molar-refractivity contribution in [2.45, 2.75) is 44.4 Å². The van der Waals surface area contributed by atoms with Gasteiger partial charge in [-0.1, -0.05) is 18.9 Å². The first-order chi connectivity index (χ1) is 13.1. The second-order valence-corrected chi connectivity index (χ2v) is 7.09. The van der Waals surface area contributed by atoms with Crippen molar-refractivity contribution in [3.05, 3.63) is 65.9 Å². The van der Waals surface area contributed by atoms with Gasteiger partial charge in [-0.05, 0) is 42.7 Å². The lowest BCUT2D eigenvalue weighted by Gasteiger charge is -2.28. The second kappa shape index (κ2) is 7.48. The molecule has 4 rings (SSSR count). The van der Waals surface area contributed by atoms with Gasteiger partial charge in [-0.2, -0.15) is 0 Å². The Balaban J connectivity index is 1.68. The minimum absolute atomic E-state index is 0.281. The van der Waals surface area contributed by atoms with Gasteiger partial charge in [0.05, 0.1) is 23.2 Å². The summed E-state index contributed by atoms with van der Waals surface area (Å²) in [6, 6.07) is 8.33. The van der Waals surface area contributed by atoms with E-state index in [0.29, 0.717) is 29.4 Å². The van der Waals surface area contributed by atoms with Crippen molar-refractivity contribution in [3.63, 3.8) is 0 Å². The van der Waals surface area contributed by atoms with Crippen molar-refractivity contribution in [2.75, 3.05) is 0 Å². The number of fused-ring (bicyclic) bond motifs is 1. The number of benzene rings is 1. The van der Waals surface area contributed by atoms with Crippen LogP contribution in [0.2, 0.25) is 0 Å². The number of carbonyl (C=O) groups excluding carboxylic acids is 1. The minimum atomic E-state index is -0.544. The average Bonchev–Trinajstić information content (AvgIpc) is 3.04. The molecule has 1 aliphatic rings. The number of nitrogens with one attached hydrogen (secondary N) is 1. The molecule has 2 heterocycles. The van der Waals surface area contributed by atoms with E-state index in [0.717, 1.165) is 24.8 Å². The fourth-order valence-electron chi connectivity index (χ4n) is 3.82. The lowest BCUT2D eigenvalue weighted by molar-refractivity contribution is 0.0718. The monoisotopic (exact) mass is 367 g/mol. The molecule has 0 bridgehead atoms. The van der Waals surface area contributed by atoms with Gasteiger partial charge in [0, 0.05) is 30.5 Å². The van der Waals surface area contributed by atoms with Gasteiger partial charge in [0.25, 0.3) is 5.91 Å². The number of carbonyl (C=O) groups is 1. The molecule has 1 fully saturated rings. The van der Waals surface area contributed by atoms with Gasteiger partial charge in [0.2, 0.25) is 0 Å². The molecule has 0 radical (unpaired) electrons. The molecule has 0 aliphatic heterocycles. The first kappa shape index (κ1) is 17.7. The van der Waals surface area contributed by atoms with Crippen LogP contribution in [0.1, 0.15) is 41.6 Å². The van der Waals surface area contributed by atoms with Crippen LogP contribution in [-0.4, -0.2) is 32.7 Å². The van der Waals surface area contributed by atoms with Gasteiger partial charge in [0.15, 0.2) is 0 Å². The molecule has 0 saturated heterocycles. The highest BCUT2D eigenvalue weighted by Crippen LogP contribution is 2.26. The van der Waals surface area contributed by atoms with E-state index < -0.39 is 11.9 Å². The Morgan fingerprint density at radius 1 is 1.22 bits per heavy atom. The van der Waals surface area contributed by atoms with Crippen molar-refractivity contribution in [2.24, 2.45) is 0 Å². The molecule has 6 heteroatoms. The summed E-state index contributed by atoms with van der Waals surface area (Å²) in [7, 11) is 0. The molecule has 1 aliphatic carbocycles. The smallest absolute Gasteiger partial charge is 0.253 e. The maximum Gasteiger partial charge on any atom is 0.253 e. The average molecular weight is 367 g/mol. The SMILES string of the molecule is O=C(N[C@H]1CCCC[C@@H]1O)c1cn(Cc2ccncc2)c2cccc(F)c12. The topological polar surface area (TPSA) is 67.2 Å². The first-order valence-electron chi connectivity index (χ1n) is 9.28.